The molecule has 3 heterocycles. The van der Waals surface area contributed by atoms with E-state index in [9.17, 15) is 9.59 Å². The van der Waals surface area contributed by atoms with Crippen molar-refractivity contribution in [2.45, 2.75) is 32.4 Å². The molecule has 1 amide bonds. The number of hydrogen-bond acceptors (Lipinski definition) is 5. The second-order valence-electron chi connectivity index (χ2n) is 6.04. The number of aromatic nitrogens is 2. The van der Waals surface area contributed by atoms with E-state index in [1.165, 1.54) is 4.57 Å². The van der Waals surface area contributed by atoms with Gasteiger partial charge in [0.1, 0.15) is 6.54 Å². The van der Waals surface area contributed by atoms with Gasteiger partial charge in [-0.1, -0.05) is 17.3 Å². The Morgan fingerprint density at radius 1 is 1.38 bits per heavy atom. The molecule has 0 spiro atoms. The summed E-state index contributed by atoms with van der Waals surface area (Å²) >= 11 is 0. The van der Waals surface area contributed by atoms with Gasteiger partial charge in [-0.2, -0.15) is 0 Å². The van der Waals surface area contributed by atoms with Crippen molar-refractivity contribution in [1.29, 1.82) is 0 Å². The van der Waals surface area contributed by atoms with Crippen LogP contribution in [-0.2, 0) is 11.3 Å². The number of oxazole rings is 1. The van der Waals surface area contributed by atoms with Crippen LogP contribution in [0.2, 0.25) is 0 Å². The summed E-state index contributed by atoms with van der Waals surface area (Å²) < 4.78 is 11.9. The molecule has 2 aromatic heterocycles. The van der Waals surface area contributed by atoms with E-state index in [1.54, 1.807) is 23.1 Å². The van der Waals surface area contributed by atoms with Crippen LogP contribution in [0, 0.1) is 6.92 Å². The van der Waals surface area contributed by atoms with E-state index in [1.807, 2.05) is 19.1 Å². The van der Waals surface area contributed by atoms with E-state index >= 15 is 0 Å². The molecule has 1 aromatic carbocycles. The van der Waals surface area contributed by atoms with Crippen molar-refractivity contribution in [3.05, 3.63) is 52.3 Å². The smallest absolute Gasteiger partial charge is 0.408 e. The predicted molar refractivity (Wildman–Crippen MR) is 85.4 cm³/mol. The summed E-state index contributed by atoms with van der Waals surface area (Å²) in [7, 11) is 0. The van der Waals surface area contributed by atoms with Gasteiger partial charge < -0.3 is 13.8 Å². The molecule has 7 heteroatoms. The zero-order chi connectivity index (χ0) is 16.7. The summed E-state index contributed by atoms with van der Waals surface area (Å²) in [6.07, 6.45) is 1.73. The van der Waals surface area contributed by atoms with E-state index in [2.05, 4.69) is 5.16 Å². The highest BCUT2D eigenvalue weighted by atomic mass is 16.5. The molecule has 24 heavy (non-hydrogen) atoms. The first kappa shape index (κ1) is 14.7. The van der Waals surface area contributed by atoms with Gasteiger partial charge in [0, 0.05) is 12.6 Å². The fraction of sp³-hybridized carbons (Fsp3) is 0.353. The monoisotopic (exact) mass is 327 g/mol. The van der Waals surface area contributed by atoms with E-state index in [4.69, 9.17) is 8.94 Å². The fourth-order valence-corrected chi connectivity index (χ4v) is 3.29. The summed E-state index contributed by atoms with van der Waals surface area (Å²) in [5.41, 5.74) is 1.91. The maximum absolute atomic E-state index is 12.8. The van der Waals surface area contributed by atoms with Crippen molar-refractivity contribution in [3.63, 3.8) is 0 Å². The minimum atomic E-state index is -0.518. The summed E-state index contributed by atoms with van der Waals surface area (Å²) in [5.74, 6) is 0.0544. The lowest BCUT2D eigenvalue weighted by Crippen LogP contribution is -2.35. The van der Waals surface area contributed by atoms with Crippen molar-refractivity contribution < 1.29 is 13.7 Å². The molecule has 0 N–H and O–H groups in total. The molecule has 1 aliphatic rings. The number of aryl methyl sites for hydroxylation is 1. The average Bonchev–Trinajstić information content (AvgIpc) is 3.27. The Hall–Kier alpha value is -2.83. The number of nitrogens with zero attached hydrogens (tertiary/aromatic N) is 3. The Labute approximate surface area is 137 Å². The van der Waals surface area contributed by atoms with Crippen LogP contribution in [0.25, 0.3) is 11.1 Å². The minimum absolute atomic E-state index is 0.0422. The zero-order valence-corrected chi connectivity index (χ0v) is 13.3. The lowest BCUT2D eigenvalue weighted by Gasteiger charge is -2.22. The molecule has 7 nitrogen and oxygen atoms in total. The molecule has 0 radical (unpaired) electrons. The molecule has 0 aliphatic carbocycles. The summed E-state index contributed by atoms with van der Waals surface area (Å²) in [6.45, 7) is 2.46. The van der Waals surface area contributed by atoms with Gasteiger partial charge >= 0.3 is 5.76 Å². The topological polar surface area (TPSA) is 81.5 Å². The van der Waals surface area contributed by atoms with Gasteiger partial charge in [-0.25, -0.2) is 4.79 Å². The zero-order valence-electron chi connectivity index (χ0n) is 13.3. The third-order valence-electron chi connectivity index (χ3n) is 4.41. The summed E-state index contributed by atoms with van der Waals surface area (Å²) in [5, 5.41) is 3.90. The number of likely N-dealkylation sites (tertiary alicyclic amines) is 1. The summed E-state index contributed by atoms with van der Waals surface area (Å²) in [4.78, 5) is 26.6. The van der Waals surface area contributed by atoms with Crippen LogP contribution in [0.15, 0.2) is 44.1 Å². The SMILES string of the molecule is Cc1cc(C2CCCN2C(=O)Cn2c(=O)oc3ccccc32)on1. The largest absolute Gasteiger partial charge is 0.420 e. The molecule has 1 saturated heterocycles. The van der Waals surface area contributed by atoms with Gasteiger partial charge in [0.25, 0.3) is 0 Å². The number of amides is 1. The first-order chi connectivity index (χ1) is 11.6. The first-order valence-corrected chi connectivity index (χ1v) is 7.94. The van der Waals surface area contributed by atoms with Crippen LogP contribution >= 0.6 is 0 Å². The highest BCUT2D eigenvalue weighted by Gasteiger charge is 2.33. The van der Waals surface area contributed by atoms with Crippen molar-refractivity contribution in [1.82, 2.24) is 14.6 Å². The van der Waals surface area contributed by atoms with E-state index < -0.39 is 5.76 Å². The Bertz CT molecular complexity index is 952. The lowest BCUT2D eigenvalue weighted by molar-refractivity contribution is -0.133. The summed E-state index contributed by atoms with van der Waals surface area (Å²) in [6, 6.07) is 8.83. The second kappa shape index (κ2) is 5.67. The van der Waals surface area contributed by atoms with Gasteiger partial charge in [0.15, 0.2) is 11.3 Å². The van der Waals surface area contributed by atoms with E-state index in [-0.39, 0.29) is 18.5 Å². The van der Waals surface area contributed by atoms with Crippen LogP contribution in [-0.4, -0.2) is 27.1 Å². The van der Waals surface area contributed by atoms with Crippen LogP contribution in [0.5, 0.6) is 0 Å². The normalized spacial score (nSPS) is 17.7. The second-order valence-corrected chi connectivity index (χ2v) is 6.04. The molecule has 1 atom stereocenters. The predicted octanol–water partition coefficient (Wildman–Crippen LogP) is 2.25. The number of carbonyl (C=O) groups is 1. The highest BCUT2D eigenvalue weighted by molar-refractivity contribution is 5.80. The number of fused-ring (bicyclic) bond motifs is 1. The number of rotatable bonds is 3. The quantitative estimate of drug-likeness (QED) is 0.737. The molecular weight excluding hydrogens is 310 g/mol. The van der Waals surface area contributed by atoms with Crippen molar-refractivity contribution >= 4 is 17.0 Å². The van der Waals surface area contributed by atoms with Crippen LogP contribution in [0.4, 0.5) is 0 Å². The fourth-order valence-electron chi connectivity index (χ4n) is 3.29. The highest BCUT2D eigenvalue weighted by Crippen LogP contribution is 2.32. The lowest BCUT2D eigenvalue weighted by atomic mass is 10.1. The van der Waals surface area contributed by atoms with Crippen LogP contribution in [0.1, 0.15) is 30.3 Å². The first-order valence-electron chi connectivity index (χ1n) is 7.94. The van der Waals surface area contributed by atoms with Crippen LogP contribution in [0.3, 0.4) is 0 Å². The van der Waals surface area contributed by atoms with Gasteiger partial charge in [-0.15, -0.1) is 0 Å². The molecule has 3 aromatic rings. The number of para-hydroxylation sites is 2. The third kappa shape index (κ3) is 2.42. The maximum Gasteiger partial charge on any atom is 0.420 e. The Balaban J connectivity index is 1.61. The van der Waals surface area contributed by atoms with Crippen molar-refractivity contribution in [2.24, 2.45) is 0 Å². The molecule has 0 saturated carbocycles. The molecule has 1 fully saturated rings. The number of carbonyl (C=O) groups excluding carboxylic acids is 1. The molecule has 124 valence electrons. The standard InChI is InChI=1S/C17H17N3O4/c1-11-9-15(24-18-11)13-6-4-8-19(13)16(21)10-20-12-5-2-3-7-14(12)23-17(20)22/h2-3,5,7,9,13H,4,6,8,10H2,1H3. The van der Waals surface area contributed by atoms with Gasteiger partial charge in [-0.3, -0.25) is 9.36 Å². The van der Waals surface area contributed by atoms with Gasteiger partial charge in [0.2, 0.25) is 5.91 Å². The van der Waals surface area contributed by atoms with Crippen molar-refractivity contribution in [3.8, 4) is 0 Å². The number of benzene rings is 1. The molecule has 1 aliphatic heterocycles. The Kier molecular flexibility index (Phi) is 3.48. The third-order valence-corrected chi connectivity index (χ3v) is 4.41. The van der Waals surface area contributed by atoms with Crippen molar-refractivity contribution in [2.75, 3.05) is 6.54 Å². The average molecular weight is 327 g/mol. The molecule has 4 rings (SSSR count). The molecule has 1 unspecified atom stereocenters. The molecular formula is C17H17N3O4. The minimum Gasteiger partial charge on any atom is -0.408 e. The number of hydrogen-bond donors (Lipinski definition) is 0. The Morgan fingerprint density at radius 2 is 2.21 bits per heavy atom. The Morgan fingerprint density at radius 3 is 3.00 bits per heavy atom. The van der Waals surface area contributed by atoms with Gasteiger partial charge in [0.05, 0.1) is 17.3 Å². The molecule has 0 bridgehead atoms. The maximum atomic E-state index is 12.8. The van der Waals surface area contributed by atoms with Gasteiger partial charge in [-0.05, 0) is 31.9 Å². The van der Waals surface area contributed by atoms with Crippen LogP contribution < -0.4 is 5.76 Å². The van der Waals surface area contributed by atoms with E-state index in [0.717, 1.165) is 18.5 Å². The van der Waals surface area contributed by atoms with E-state index in [0.29, 0.717) is 23.4 Å².